The van der Waals surface area contributed by atoms with Crippen LogP contribution in [0.15, 0.2) is 66.9 Å². The predicted octanol–water partition coefficient (Wildman–Crippen LogP) is 3.47. The van der Waals surface area contributed by atoms with Crippen molar-refractivity contribution >= 4 is 23.7 Å². The number of hydrogen-bond donors (Lipinski definition) is 1. The molecule has 2 aromatic carbocycles. The minimum Gasteiger partial charge on any atom is -0.322 e. The second kappa shape index (κ2) is 7.08. The molecule has 0 bridgehead atoms. The third-order valence-corrected chi connectivity index (χ3v) is 6.64. The van der Waals surface area contributed by atoms with Crippen molar-refractivity contribution in [3.05, 3.63) is 72.4 Å². The van der Waals surface area contributed by atoms with Crippen LogP contribution in [0.25, 0.3) is 16.9 Å². The summed E-state index contributed by atoms with van der Waals surface area (Å²) in [4.78, 5) is 27.0. The van der Waals surface area contributed by atoms with Crippen molar-refractivity contribution < 1.29 is 9.59 Å². The van der Waals surface area contributed by atoms with Gasteiger partial charge in [0.2, 0.25) is 0 Å². The van der Waals surface area contributed by atoms with Crippen LogP contribution in [-0.4, -0.2) is 43.7 Å². The summed E-state index contributed by atoms with van der Waals surface area (Å²) in [5.41, 5.74) is 2.76. The molecule has 5 rings (SSSR count). The lowest BCUT2D eigenvalue weighted by atomic mass is 9.99. The van der Waals surface area contributed by atoms with E-state index in [4.69, 9.17) is 5.10 Å². The van der Waals surface area contributed by atoms with E-state index in [1.54, 1.807) is 16.4 Å². The molecule has 0 radical (unpaired) electrons. The van der Waals surface area contributed by atoms with Crippen LogP contribution < -0.4 is 5.32 Å². The van der Waals surface area contributed by atoms with Crippen molar-refractivity contribution in [1.82, 2.24) is 20.0 Å². The topological polar surface area (TPSA) is 67.2 Å². The quantitative estimate of drug-likeness (QED) is 0.676. The summed E-state index contributed by atoms with van der Waals surface area (Å²) in [7, 11) is 0. The normalized spacial score (nSPS) is 21.2. The monoisotopic (exact) mass is 404 g/mol. The number of aromatic nitrogens is 2. The molecule has 29 heavy (non-hydrogen) atoms. The van der Waals surface area contributed by atoms with Gasteiger partial charge in [-0.2, -0.15) is 16.9 Å². The average Bonchev–Trinajstić information content (AvgIpc) is 3.45. The summed E-state index contributed by atoms with van der Waals surface area (Å²) in [6.45, 7) is 0.203. The Balaban J connectivity index is 1.53. The van der Waals surface area contributed by atoms with E-state index in [0.717, 1.165) is 28.3 Å². The van der Waals surface area contributed by atoms with Crippen LogP contribution in [0.1, 0.15) is 12.0 Å². The van der Waals surface area contributed by atoms with Gasteiger partial charge in [0.15, 0.2) is 0 Å². The lowest BCUT2D eigenvalue weighted by Gasteiger charge is -2.19. The first kappa shape index (κ1) is 18.0. The summed E-state index contributed by atoms with van der Waals surface area (Å²) in [5.74, 6) is 1.41. The van der Waals surface area contributed by atoms with E-state index in [1.165, 1.54) is 4.90 Å². The number of rotatable bonds is 4. The molecule has 7 heteroatoms. The molecule has 6 nitrogen and oxygen atoms in total. The van der Waals surface area contributed by atoms with E-state index in [-0.39, 0.29) is 18.5 Å². The van der Waals surface area contributed by atoms with Gasteiger partial charge in [-0.25, -0.2) is 9.48 Å². The predicted molar refractivity (Wildman–Crippen MR) is 113 cm³/mol. The van der Waals surface area contributed by atoms with Crippen molar-refractivity contribution in [2.75, 3.05) is 11.5 Å². The van der Waals surface area contributed by atoms with Crippen LogP contribution in [-0.2, 0) is 11.3 Å². The fourth-order valence-electron chi connectivity index (χ4n) is 3.90. The molecular weight excluding hydrogens is 384 g/mol. The van der Waals surface area contributed by atoms with Crippen LogP contribution in [0, 0.1) is 0 Å². The Morgan fingerprint density at radius 1 is 1.03 bits per heavy atom. The summed E-state index contributed by atoms with van der Waals surface area (Å²) in [6.07, 6.45) is 2.60. The summed E-state index contributed by atoms with van der Waals surface area (Å²) in [5, 5.41) is 7.71. The Morgan fingerprint density at radius 2 is 1.76 bits per heavy atom. The smallest absolute Gasteiger partial charge is 0.322 e. The highest BCUT2D eigenvalue weighted by molar-refractivity contribution is 7.99. The summed E-state index contributed by atoms with van der Waals surface area (Å²) in [6, 6.07) is 19.4. The second-order valence-corrected chi connectivity index (χ2v) is 8.46. The summed E-state index contributed by atoms with van der Waals surface area (Å²) < 4.78 is 1.80. The zero-order valence-corrected chi connectivity index (χ0v) is 16.6. The number of amides is 3. The van der Waals surface area contributed by atoms with Gasteiger partial charge in [0, 0.05) is 23.1 Å². The molecule has 0 aliphatic carbocycles. The molecule has 2 saturated heterocycles. The maximum Gasteiger partial charge on any atom is 0.325 e. The number of hydrogen-bond acceptors (Lipinski definition) is 4. The third-order valence-electron chi connectivity index (χ3n) is 5.45. The van der Waals surface area contributed by atoms with Crippen LogP contribution in [0.2, 0.25) is 0 Å². The molecular formula is C22H20N4O2S. The van der Waals surface area contributed by atoms with E-state index >= 15 is 0 Å². The van der Waals surface area contributed by atoms with Crippen LogP contribution in [0.5, 0.6) is 0 Å². The van der Waals surface area contributed by atoms with E-state index in [9.17, 15) is 9.59 Å². The van der Waals surface area contributed by atoms with Crippen molar-refractivity contribution in [3.8, 4) is 16.9 Å². The molecule has 1 aromatic heterocycles. The fourth-order valence-corrected chi connectivity index (χ4v) is 5.23. The Kier molecular flexibility index (Phi) is 4.39. The van der Waals surface area contributed by atoms with E-state index in [1.807, 2.05) is 66.9 Å². The Morgan fingerprint density at radius 3 is 2.45 bits per heavy atom. The Hall–Kier alpha value is -3.06. The first-order valence-corrected chi connectivity index (χ1v) is 10.7. The molecule has 1 unspecified atom stereocenters. The first-order chi connectivity index (χ1) is 14.2. The highest BCUT2D eigenvalue weighted by atomic mass is 32.2. The molecule has 2 aliphatic heterocycles. The minimum absolute atomic E-state index is 0.126. The molecule has 2 aliphatic rings. The molecule has 1 N–H and O–H groups in total. The van der Waals surface area contributed by atoms with Crippen molar-refractivity contribution in [2.45, 2.75) is 18.5 Å². The molecule has 1 spiro atoms. The number of para-hydroxylation sites is 1. The minimum atomic E-state index is -0.732. The molecule has 3 heterocycles. The van der Waals surface area contributed by atoms with Crippen molar-refractivity contribution in [2.24, 2.45) is 0 Å². The van der Waals surface area contributed by atoms with E-state index < -0.39 is 5.54 Å². The van der Waals surface area contributed by atoms with Gasteiger partial charge in [-0.1, -0.05) is 48.5 Å². The first-order valence-electron chi connectivity index (χ1n) is 9.58. The SMILES string of the molecule is O=C1NC2(CCSC2)C(=O)N1Cc1cn(-c2ccccc2)nc1-c1ccccc1. The van der Waals surface area contributed by atoms with Crippen LogP contribution >= 0.6 is 11.8 Å². The van der Waals surface area contributed by atoms with Crippen molar-refractivity contribution in [3.63, 3.8) is 0 Å². The number of imide groups is 1. The number of urea groups is 1. The van der Waals surface area contributed by atoms with Gasteiger partial charge >= 0.3 is 6.03 Å². The van der Waals surface area contributed by atoms with Gasteiger partial charge in [0.1, 0.15) is 5.54 Å². The van der Waals surface area contributed by atoms with Gasteiger partial charge < -0.3 is 5.32 Å². The van der Waals surface area contributed by atoms with Crippen molar-refractivity contribution in [1.29, 1.82) is 0 Å². The molecule has 1 atom stereocenters. The molecule has 3 amide bonds. The zero-order valence-electron chi connectivity index (χ0n) is 15.7. The maximum absolute atomic E-state index is 13.1. The van der Waals surface area contributed by atoms with Crippen LogP contribution in [0.3, 0.4) is 0 Å². The van der Waals surface area contributed by atoms with Gasteiger partial charge in [-0.3, -0.25) is 9.69 Å². The second-order valence-electron chi connectivity index (χ2n) is 7.36. The number of carbonyl (C=O) groups is 2. The lowest BCUT2D eigenvalue weighted by molar-refractivity contribution is -0.130. The molecule has 146 valence electrons. The Bertz CT molecular complexity index is 1060. The van der Waals surface area contributed by atoms with Gasteiger partial charge in [-0.15, -0.1) is 0 Å². The van der Waals surface area contributed by atoms with Crippen LogP contribution in [0.4, 0.5) is 4.79 Å². The number of nitrogens with one attached hydrogen (secondary N) is 1. The standard InChI is InChI=1S/C22H20N4O2S/c27-20-22(11-12-29-15-22)23-21(28)25(20)13-17-14-26(18-9-5-2-6-10-18)24-19(17)16-7-3-1-4-8-16/h1-10,14H,11-13,15H2,(H,23,28). The van der Waals surface area contributed by atoms with E-state index in [0.29, 0.717) is 12.2 Å². The van der Waals surface area contributed by atoms with Gasteiger partial charge in [0.05, 0.1) is 17.9 Å². The number of thioether (sulfide) groups is 1. The number of benzene rings is 2. The lowest BCUT2D eigenvalue weighted by Crippen LogP contribution is -2.46. The average molecular weight is 404 g/mol. The zero-order chi connectivity index (χ0) is 19.8. The fraction of sp³-hybridized carbons (Fsp3) is 0.227. The number of carbonyl (C=O) groups excluding carboxylic acids is 2. The molecule has 2 fully saturated rings. The molecule has 3 aromatic rings. The maximum atomic E-state index is 13.1. The van der Waals surface area contributed by atoms with Gasteiger partial charge in [0.25, 0.3) is 5.91 Å². The largest absolute Gasteiger partial charge is 0.325 e. The highest BCUT2D eigenvalue weighted by Gasteiger charge is 2.52. The molecule has 0 saturated carbocycles. The van der Waals surface area contributed by atoms with Gasteiger partial charge in [-0.05, 0) is 24.3 Å². The Labute approximate surface area is 172 Å². The highest BCUT2D eigenvalue weighted by Crippen LogP contribution is 2.35. The third kappa shape index (κ3) is 3.11. The summed E-state index contributed by atoms with van der Waals surface area (Å²) >= 11 is 1.71. The number of nitrogens with zero attached hydrogens (tertiary/aromatic N) is 3. The van der Waals surface area contributed by atoms with E-state index in [2.05, 4.69) is 5.32 Å².